The predicted octanol–water partition coefficient (Wildman–Crippen LogP) is 2.89. The maximum atomic E-state index is 12.9. The molecular weight excluding hydrogens is 402 g/mol. The lowest BCUT2D eigenvalue weighted by atomic mass is 10.1. The van der Waals surface area contributed by atoms with E-state index in [9.17, 15) is 9.59 Å². The van der Waals surface area contributed by atoms with Gasteiger partial charge in [-0.25, -0.2) is 0 Å². The first-order valence-corrected chi connectivity index (χ1v) is 11.0. The highest BCUT2D eigenvalue weighted by atomic mass is 35.5. The molecular formula is C22H28ClN5O2. The number of carbonyl (C=O) groups excluding carboxylic acids is 2. The molecule has 0 bridgehead atoms. The molecule has 2 amide bonds. The molecule has 2 aromatic rings. The van der Waals surface area contributed by atoms with Gasteiger partial charge in [0.25, 0.3) is 5.91 Å². The van der Waals surface area contributed by atoms with Crippen LogP contribution in [0, 0.1) is 0 Å². The topological polar surface area (TPSA) is 72.5 Å². The molecule has 1 unspecified atom stereocenters. The van der Waals surface area contributed by atoms with Gasteiger partial charge in [-0.15, -0.1) is 0 Å². The summed E-state index contributed by atoms with van der Waals surface area (Å²) in [6.07, 6.45) is 3.41. The fourth-order valence-electron chi connectivity index (χ4n) is 4.22. The average Bonchev–Trinajstić information content (AvgIpc) is 3.29. The van der Waals surface area contributed by atoms with Crippen LogP contribution in [-0.2, 0) is 4.79 Å². The van der Waals surface area contributed by atoms with Gasteiger partial charge in [-0.1, -0.05) is 23.7 Å². The molecule has 2 aliphatic heterocycles. The van der Waals surface area contributed by atoms with Crippen molar-refractivity contribution in [1.82, 2.24) is 24.9 Å². The zero-order chi connectivity index (χ0) is 21.1. The number of halogens is 1. The molecule has 160 valence electrons. The van der Waals surface area contributed by atoms with Gasteiger partial charge in [0.15, 0.2) is 0 Å². The van der Waals surface area contributed by atoms with Crippen LogP contribution < -0.4 is 0 Å². The molecule has 8 heteroatoms. The molecule has 0 saturated carbocycles. The van der Waals surface area contributed by atoms with E-state index in [4.69, 9.17) is 11.6 Å². The van der Waals surface area contributed by atoms with Crippen LogP contribution in [0.3, 0.4) is 0 Å². The van der Waals surface area contributed by atoms with E-state index in [0.29, 0.717) is 36.9 Å². The largest absolute Gasteiger partial charge is 0.341 e. The maximum Gasteiger partial charge on any atom is 0.271 e. The Balaban J connectivity index is 1.33. The number of piperidine rings is 1. The lowest BCUT2D eigenvalue weighted by Crippen LogP contribution is -2.56. The number of benzene rings is 1. The number of nitrogens with one attached hydrogen (secondary N) is 1. The van der Waals surface area contributed by atoms with E-state index in [0.717, 1.165) is 37.2 Å². The van der Waals surface area contributed by atoms with Crippen LogP contribution in [0.25, 0.3) is 11.3 Å². The van der Waals surface area contributed by atoms with E-state index in [1.165, 1.54) is 6.42 Å². The van der Waals surface area contributed by atoms with E-state index in [2.05, 4.69) is 15.1 Å². The Morgan fingerprint density at radius 3 is 2.30 bits per heavy atom. The first-order chi connectivity index (χ1) is 14.5. The van der Waals surface area contributed by atoms with Crippen LogP contribution >= 0.6 is 11.6 Å². The Bertz CT molecular complexity index is 883. The minimum Gasteiger partial charge on any atom is -0.341 e. The lowest BCUT2D eigenvalue weighted by Gasteiger charge is -2.39. The molecule has 1 aromatic heterocycles. The summed E-state index contributed by atoms with van der Waals surface area (Å²) in [6, 6.07) is 9.01. The van der Waals surface area contributed by atoms with E-state index in [1.807, 2.05) is 28.9 Å². The number of rotatable bonds is 4. The molecule has 0 aliphatic carbocycles. The Kier molecular flexibility index (Phi) is 6.39. The van der Waals surface area contributed by atoms with Crippen molar-refractivity contribution in [1.29, 1.82) is 0 Å². The molecule has 30 heavy (non-hydrogen) atoms. The van der Waals surface area contributed by atoms with Crippen LogP contribution in [-0.4, -0.2) is 82.0 Å². The van der Waals surface area contributed by atoms with Crippen molar-refractivity contribution in [2.45, 2.75) is 32.2 Å². The first kappa shape index (κ1) is 20.9. The van der Waals surface area contributed by atoms with Crippen molar-refractivity contribution < 1.29 is 9.59 Å². The van der Waals surface area contributed by atoms with Gasteiger partial charge in [0.1, 0.15) is 5.69 Å². The van der Waals surface area contributed by atoms with Gasteiger partial charge in [0.05, 0.1) is 11.7 Å². The molecule has 3 heterocycles. The summed E-state index contributed by atoms with van der Waals surface area (Å²) in [5.41, 5.74) is 2.10. The van der Waals surface area contributed by atoms with Crippen LogP contribution in [0.15, 0.2) is 30.3 Å². The van der Waals surface area contributed by atoms with Crippen molar-refractivity contribution in [3.05, 3.63) is 41.0 Å². The van der Waals surface area contributed by atoms with Crippen molar-refractivity contribution in [3.63, 3.8) is 0 Å². The Morgan fingerprint density at radius 2 is 1.63 bits per heavy atom. The molecule has 1 atom stereocenters. The summed E-state index contributed by atoms with van der Waals surface area (Å²) >= 11 is 5.94. The minimum absolute atomic E-state index is 0.0580. The van der Waals surface area contributed by atoms with Crippen molar-refractivity contribution >= 4 is 23.4 Å². The number of aromatic amines is 1. The number of piperazine rings is 1. The third kappa shape index (κ3) is 4.52. The molecule has 0 radical (unpaired) electrons. The third-order valence-corrected chi connectivity index (χ3v) is 6.37. The van der Waals surface area contributed by atoms with Gasteiger partial charge in [0, 0.05) is 49.9 Å². The summed E-state index contributed by atoms with van der Waals surface area (Å²) in [7, 11) is 0. The molecule has 2 fully saturated rings. The SMILES string of the molecule is CC(C(=O)N1CCCCC1)N1CCN(C(=O)c2cc(-c3ccc(Cl)cc3)n[nH]2)CC1. The smallest absolute Gasteiger partial charge is 0.271 e. The quantitative estimate of drug-likeness (QED) is 0.811. The number of amides is 2. The third-order valence-electron chi connectivity index (χ3n) is 6.12. The Morgan fingerprint density at radius 1 is 0.967 bits per heavy atom. The number of carbonyl (C=O) groups is 2. The van der Waals surface area contributed by atoms with Gasteiger partial charge < -0.3 is 9.80 Å². The monoisotopic (exact) mass is 429 g/mol. The van der Waals surface area contributed by atoms with E-state index in [1.54, 1.807) is 18.2 Å². The fourth-order valence-corrected chi connectivity index (χ4v) is 4.34. The molecule has 4 rings (SSSR count). The number of hydrogen-bond acceptors (Lipinski definition) is 4. The van der Waals surface area contributed by atoms with Crippen LogP contribution in [0.5, 0.6) is 0 Å². The van der Waals surface area contributed by atoms with Crippen molar-refractivity contribution in [3.8, 4) is 11.3 Å². The summed E-state index contributed by atoms with van der Waals surface area (Å²) in [4.78, 5) is 31.7. The second-order valence-electron chi connectivity index (χ2n) is 8.06. The van der Waals surface area contributed by atoms with Gasteiger partial charge >= 0.3 is 0 Å². The van der Waals surface area contributed by atoms with Crippen LogP contribution in [0.1, 0.15) is 36.7 Å². The number of likely N-dealkylation sites (tertiary alicyclic amines) is 1. The van der Waals surface area contributed by atoms with Gasteiger partial charge in [-0.05, 0) is 44.4 Å². The van der Waals surface area contributed by atoms with Crippen LogP contribution in [0.2, 0.25) is 5.02 Å². The van der Waals surface area contributed by atoms with E-state index in [-0.39, 0.29) is 17.9 Å². The summed E-state index contributed by atoms with van der Waals surface area (Å²) in [5, 5.41) is 7.80. The van der Waals surface area contributed by atoms with E-state index >= 15 is 0 Å². The Labute approximate surface area is 182 Å². The summed E-state index contributed by atoms with van der Waals surface area (Å²) in [5.74, 6) is 0.160. The molecule has 1 N–H and O–H groups in total. The summed E-state index contributed by atoms with van der Waals surface area (Å²) in [6.45, 7) is 6.34. The highest BCUT2D eigenvalue weighted by Gasteiger charge is 2.31. The van der Waals surface area contributed by atoms with Gasteiger partial charge in [-0.3, -0.25) is 19.6 Å². The van der Waals surface area contributed by atoms with E-state index < -0.39 is 0 Å². The average molecular weight is 430 g/mol. The highest BCUT2D eigenvalue weighted by molar-refractivity contribution is 6.30. The minimum atomic E-state index is -0.135. The Hall–Kier alpha value is -2.38. The first-order valence-electron chi connectivity index (χ1n) is 10.7. The summed E-state index contributed by atoms with van der Waals surface area (Å²) < 4.78 is 0. The molecule has 2 aliphatic rings. The highest BCUT2D eigenvalue weighted by Crippen LogP contribution is 2.21. The number of hydrogen-bond donors (Lipinski definition) is 1. The normalized spacial score (nSPS) is 19.0. The number of nitrogens with zero attached hydrogens (tertiary/aromatic N) is 4. The maximum absolute atomic E-state index is 12.9. The predicted molar refractivity (Wildman–Crippen MR) is 116 cm³/mol. The second kappa shape index (κ2) is 9.18. The van der Waals surface area contributed by atoms with Crippen LogP contribution in [0.4, 0.5) is 0 Å². The lowest BCUT2D eigenvalue weighted by molar-refractivity contribution is -0.137. The fraction of sp³-hybridized carbons (Fsp3) is 0.500. The molecule has 1 aromatic carbocycles. The van der Waals surface area contributed by atoms with Crippen molar-refractivity contribution in [2.24, 2.45) is 0 Å². The number of H-pyrrole nitrogens is 1. The molecule has 0 spiro atoms. The van der Waals surface area contributed by atoms with Crippen molar-refractivity contribution in [2.75, 3.05) is 39.3 Å². The standard InChI is InChI=1S/C22H28ClN5O2/c1-16(21(29)27-9-3-2-4-10-27)26-11-13-28(14-12-26)22(30)20-15-19(24-25-20)17-5-7-18(23)8-6-17/h5-8,15-16H,2-4,9-14H2,1H3,(H,24,25). The van der Waals surface area contributed by atoms with Gasteiger partial charge in [-0.2, -0.15) is 5.10 Å². The number of aromatic nitrogens is 2. The second-order valence-corrected chi connectivity index (χ2v) is 8.50. The zero-order valence-corrected chi connectivity index (χ0v) is 18.1. The molecule has 7 nitrogen and oxygen atoms in total. The zero-order valence-electron chi connectivity index (χ0n) is 17.3. The molecule has 2 saturated heterocycles. The van der Waals surface area contributed by atoms with Gasteiger partial charge in [0.2, 0.25) is 5.91 Å².